The number of carbonyl (C=O) groups is 3. The van der Waals surface area contributed by atoms with Crippen molar-refractivity contribution in [3.05, 3.63) is 54.1 Å². The average Bonchev–Trinajstić information content (AvgIpc) is 2.91. The molecule has 1 saturated heterocycles. The Morgan fingerprint density at radius 1 is 1.08 bits per heavy atom. The summed E-state index contributed by atoms with van der Waals surface area (Å²) in [5.41, 5.74) is 0.860. The van der Waals surface area contributed by atoms with Gasteiger partial charge in [0, 0.05) is 11.5 Å². The van der Waals surface area contributed by atoms with Gasteiger partial charge >= 0.3 is 12.1 Å². The second-order valence-electron chi connectivity index (χ2n) is 5.96. The number of fused-ring (bicyclic) bond motifs is 2. The summed E-state index contributed by atoms with van der Waals surface area (Å²) in [6, 6.07) is 6.00. The molecule has 8 heteroatoms. The standard InChI is InChI=1S/C17H16N4O4/c22-15-14(20-17(24)21-15)19-16(23)18-13-9-5-1-3-7-11(9)25-12-8-4-2-6-10(12)13/h1-9,11,13-14H,(H2,18,19,23)(H2,20,21,22,24)/t9-,11-,13-,14-/m1/s1. The van der Waals surface area contributed by atoms with Gasteiger partial charge in [-0.15, -0.1) is 0 Å². The molecule has 3 aliphatic rings. The Bertz CT molecular complexity index is 804. The topological polar surface area (TPSA) is 109 Å². The number of urea groups is 2. The Labute approximate surface area is 143 Å². The monoisotopic (exact) mass is 340 g/mol. The number of amides is 5. The summed E-state index contributed by atoms with van der Waals surface area (Å²) in [6.07, 6.45) is 6.48. The van der Waals surface area contributed by atoms with Gasteiger partial charge in [-0.1, -0.05) is 36.4 Å². The van der Waals surface area contributed by atoms with Crippen LogP contribution in [0.1, 0.15) is 11.6 Å². The van der Waals surface area contributed by atoms with E-state index in [9.17, 15) is 14.4 Å². The Morgan fingerprint density at radius 2 is 1.88 bits per heavy atom. The fourth-order valence-corrected chi connectivity index (χ4v) is 3.23. The molecule has 0 aromatic heterocycles. The molecule has 1 aromatic rings. The first-order valence-corrected chi connectivity index (χ1v) is 7.91. The quantitative estimate of drug-likeness (QED) is 0.594. The molecule has 5 amide bonds. The summed E-state index contributed by atoms with van der Waals surface area (Å²) < 4.78 is 5.98. The highest BCUT2D eigenvalue weighted by Crippen LogP contribution is 2.40. The van der Waals surface area contributed by atoms with Gasteiger partial charge in [0.05, 0.1) is 6.04 Å². The first-order chi connectivity index (χ1) is 12.1. The van der Waals surface area contributed by atoms with Crippen LogP contribution in [-0.2, 0) is 4.79 Å². The third-order valence-electron chi connectivity index (χ3n) is 4.36. The maximum Gasteiger partial charge on any atom is 0.323 e. The molecule has 1 aromatic carbocycles. The molecule has 4 rings (SSSR count). The van der Waals surface area contributed by atoms with Crippen LogP contribution in [0.3, 0.4) is 0 Å². The van der Waals surface area contributed by atoms with Crippen LogP contribution in [0, 0.1) is 5.92 Å². The summed E-state index contributed by atoms with van der Waals surface area (Å²) in [4.78, 5) is 35.1. The number of rotatable bonds is 2. The Morgan fingerprint density at radius 3 is 2.68 bits per heavy atom. The maximum atomic E-state index is 12.4. The number of para-hydroxylation sites is 1. The predicted octanol–water partition coefficient (Wildman–Crippen LogP) is 0.696. The molecule has 2 heterocycles. The zero-order valence-corrected chi connectivity index (χ0v) is 13.1. The van der Waals surface area contributed by atoms with E-state index in [0.29, 0.717) is 5.75 Å². The Hall–Kier alpha value is -3.29. The molecule has 1 aliphatic carbocycles. The van der Waals surface area contributed by atoms with E-state index in [-0.39, 0.29) is 18.1 Å². The molecular formula is C17H16N4O4. The zero-order valence-electron chi connectivity index (χ0n) is 13.1. The van der Waals surface area contributed by atoms with Crippen LogP contribution in [0.15, 0.2) is 48.6 Å². The van der Waals surface area contributed by atoms with E-state index in [4.69, 9.17) is 4.74 Å². The smallest absolute Gasteiger partial charge is 0.323 e. The summed E-state index contributed by atoms with van der Waals surface area (Å²) in [5.74, 6) is 0.0458. The second kappa shape index (κ2) is 5.97. The van der Waals surface area contributed by atoms with Crippen LogP contribution in [0.5, 0.6) is 5.75 Å². The normalized spacial score (nSPS) is 29.0. The summed E-state index contributed by atoms with van der Waals surface area (Å²) in [7, 11) is 0. The van der Waals surface area contributed by atoms with Crippen LogP contribution in [0.2, 0.25) is 0 Å². The predicted molar refractivity (Wildman–Crippen MR) is 87.5 cm³/mol. The summed E-state index contributed by atoms with van der Waals surface area (Å²) >= 11 is 0. The average molecular weight is 340 g/mol. The third-order valence-corrected chi connectivity index (χ3v) is 4.36. The lowest BCUT2D eigenvalue weighted by atomic mass is 9.83. The maximum absolute atomic E-state index is 12.4. The minimum Gasteiger partial charge on any atom is -0.485 e. The summed E-state index contributed by atoms with van der Waals surface area (Å²) in [5, 5.41) is 9.74. The zero-order chi connectivity index (χ0) is 17.4. The number of ether oxygens (including phenoxy) is 1. The fourth-order valence-electron chi connectivity index (χ4n) is 3.23. The molecule has 2 aliphatic heterocycles. The van der Waals surface area contributed by atoms with Crippen LogP contribution in [-0.4, -0.2) is 30.2 Å². The van der Waals surface area contributed by atoms with Crippen molar-refractivity contribution in [3.8, 4) is 5.75 Å². The van der Waals surface area contributed by atoms with Gasteiger partial charge in [-0.3, -0.25) is 10.1 Å². The van der Waals surface area contributed by atoms with Crippen molar-refractivity contribution in [1.29, 1.82) is 0 Å². The number of carbonyl (C=O) groups excluding carboxylic acids is 3. The number of nitrogens with one attached hydrogen (secondary N) is 4. The number of imide groups is 1. The first-order valence-electron chi connectivity index (χ1n) is 7.91. The molecule has 8 nitrogen and oxygen atoms in total. The van der Waals surface area contributed by atoms with E-state index in [0.717, 1.165) is 5.56 Å². The number of hydrogen-bond donors (Lipinski definition) is 4. The van der Waals surface area contributed by atoms with Crippen LogP contribution in [0.4, 0.5) is 9.59 Å². The molecule has 0 saturated carbocycles. The molecule has 4 atom stereocenters. The van der Waals surface area contributed by atoms with Crippen molar-refractivity contribution in [3.63, 3.8) is 0 Å². The molecule has 4 N–H and O–H groups in total. The minimum absolute atomic E-state index is 0.0716. The Balaban J connectivity index is 1.54. The largest absolute Gasteiger partial charge is 0.485 e. The van der Waals surface area contributed by atoms with Crippen LogP contribution in [0.25, 0.3) is 0 Å². The first kappa shape index (κ1) is 15.3. The molecule has 0 bridgehead atoms. The van der Waals surface area contributed by atoms with Crippen molar-refractivity contribution >= 4 is 18.0 Å². The van der Waals surface area contributed by atoms with Crippen LogP contribution >= 0.6 is 0 Å². The Kier molecular flexibility index (Phi) is 3.64. The van der Waals surface area contributed by atoms with E-state index in [1.54, 1.807) is 0 Å². The number of benzene rings is 1. The van der Waals surface area contributed by atoms with Gasteiger partial charge in [0.15, 0.2) is 6.17 Å². The van der Waals surface area contributed by atoms with Crippen molar-refractivity contribution in [2.45, 2.75) is 18.3 Å². The van der Waals surface area contributed by atoms with Crippen molar-refractivity contribution < 1.29 is 19.1 Å². The lowest BCUT2D eigenvalue weighted by Crippen LogP contribution is -2.53. The highest BCUT2D eigenvalue weighted by Gasteiger charge is 2.38. The highest BCUT2D eigenvalue weighted by atomic mass is 16.5. The van der Waals surface area contributed by atoms with E-state index in [2.05, 4.69) is 21.3 Å². The molecule has 0 unspecified atom stereocenters. The molecule has 128 valence electrons. The van der Waals surface area contributed by atoms with Crippen LogP contribution < -0.4 is 26.0 Å². The SMILES string of the molecule is O=C1NC(=O)[C@H](NC(=O)N[C@H]2c3ccccc3O[C@@H]3C=CC=C[C@H]32)N1. The molecule has 0 radical (unpaired) electrons. The summed E-state index contributed by atoms with van der Waals surface area (Å²) in [6.45, 7) is 0. The van der Waals surface area contributed by atoms with Gasteiger partial charge in [0.1, 0.15) is 11.9 Å². The van der Waals surface area contributed by atoms with Gasteiger partial charge in [0.2, 0.25) is 0 Å². The molecule has 1 fully saturated rings. The van der Waals surface area contributed by atoms with Gasteiger partial charge in [-0.25, -0.2) is 9.59 Å². The lowest BCUT2D eigenvalue weighted by Gasteiger charge is -2.38. The van der Waals surface area contributed by atoms with E-state index < -0.39 is 24.1 Å². The molecule has 0 spiro atoms. The second-order valence-corrected chi connectivity index (χ2v) is 5.96. The lowest BCUT2D eigenvalue weighted by molar-refractivity contribution is -0.120. The molecular weight excluding hydrogens is 324 g/mol. The van der Waals surface area contributed by atoms with Gasteiger partial charge in [-0.2, -0.15) is 0 Å². The minimum atomic E-state index is -1.08. The fraction of sp³-hybridized carbons (Fsp3) is 0.235. The number of hydrogen-bond acceptors (Lipinski definition) is 4. The number of allylic oxidation sites excluding steroid dienone is 2. The van der Waals surface area contributed by atoms with Gasteiger partial charge in [-0.05, 0) is 12.1 Å². The highest BCUT2D eigenvalue weighted by molar-refractivity contribution is 6.05. The van der Waals surface area contributed by atoms with Gasteiger partial charge < -0.3 is 20.7 Å². The van der Waals surface area contributed by atoms with Crippen molar-refractivity contribution in [2.75, 3.05) is 0 Å². The van der Waals surface area contributed by atoms with E-state index in [1.165, 1.54) is 0 Å². The van der Waals surface area contributed by atoms with Crippen molar-refractivity contribution in [2.24, 2.45) is 5.92 Å². The molecule has 25 heavy (non-hydrogen) atoms. The third kappa shape index (κ3) is 2.82. The van der Waals surface area contributed by atoms with E-state index >= 15 is 0 Å². The van der Waals surface area contributed by atoms with Crippen molar-refractivity contribution in [1.82, 2.24) is 21.3 Å². The van der Waals surface area contributed by atoms with Gasteiger partial charge in [0.25, 0.3) is 5.91 Å². The van der Waals surface area contributed by atoms with E-state index in [1.807, 2.05) is 48.6 Å².